The lowest BCUT2D eigenvalue weighted by Gasteiger charge is -2.15. The van der Waals surface area contributed by atoms with Crippen LogP contribution in [0.4, 0.5) is 0 Å². The average molecular weight is 403 g/mol. The topological polar surface area (TPSA) is 92.7 Å². The highest BCUT2D eigenvalue weighted by atomic mass is 32.2. The Morgan fingerprint density at radius 2 is 2.07 bits per heavy atom. The first-order valence-corrected chi connectivity index (χ1v) is 11.2. The Kier molecular flexibility index (Phi) is 6.86. The SMILES string of the molecule is CCNC(=NCc1ccnc(OCc2ccccc2)c1)NC1CCS(=O)(=O)C1. The maximum absolute atomic E-state index is 11.6. The van der Waals surface area contributed by atoms with Gasteiger partial charge >= 0.3 is 0 Å². The van der Waals surface area contributed by atoms with Crippen molar-refractivity contribution in [1.29, 1.82) is 0 Å². The van der Waals surface area contributed by atoms with Crippen molar-refractivity contribution >= 4 is 15.8 Å². The van der Waals surface area contributed by atoms with Crippen LogP contribution in [0.3, 0.4) is 0 Å². The highest BCUT2D eigenvalue weighted by Crippen LogP contribution is 2.13. The molecule has 1 atom stereocenters. The zero-order chi connectivity index (χ0) is 19.8. The van der Waals surface area contributed by atoms with E-state index in [4.69, 9.17) is 4.74 Å². The van der Waals surface area contributed by atoms with Crippen molar-refractivity contribution in [3.63, 3.8) is 0 Å². The van der Waals surface area contributed by atoms with Gasteiger partial charge in [-0.2, -0.15) is 0 Å². The van der Waals surface area contributed by atoms with Gasteiger partial charge in [0, 0.05) is 24.8 Å². The summed E-state index contributed by atoms with van der Waals surface area (Å²) in [5.41, 5.74) is 2.05. The molecule has 2 heterocycles. The van der Waals surface area contributed by atoms with E-state index in [1.54, 1.807) is 6.20 Å². The molecule has 0 saturated carbocycles. The number of hydrogen-bond donors (Lipinski definition) is 2. The summed E-state index contributed by atoms with van der Waals surface area (Å²) < 4.78 is 29.0. The Balaban J connectivity index is 1.59. The summed E-state index contributed by atoms with van der Waals surface area (Å²) in [6, 6.07) is 13.6. The first kappa shape index (κ1) is 20.1. The van der Waals surface area contributed by atoms with Crippen LogP contribution in [0.2, 0.25) is 0 Å². The number of aliphatic imine (C=N–C) groups is 1. The Bertz CT molecular complexity index is 901. The van der Waals surface area contributed by atoms with Gasteiger partial charge in [0.1, 0.15) is 6.61 Å². The standard InChI is InChI=1S/C20H26N4O3S/c1-2-21-20(24-18-9-11-28(25,26)15-18)23-13-17-8-10-22-19(12-17)27-14-16-6-4-3-5-7-16/h3-8,10,12,18H,2,9,11,13-15H2,1H3,(H2,21,23,24). The summed E-state index contributed by atoms with van der Waals surface area (Å²) in [6.07, 6.45) is 2.31. The molecule has 0 radical (unpaired) electrons. The molecule has 0 amide bonds. The van der Waals surface area contributed by atoms with Crippen molar-refractivity contribution < 1.29 is 13.2 Å². The maximum Gasteiger partial charge on any atom is 0.213 e. The van der Waals surface area contributed by atoms with Gasteiger partial charge in [-0.25, -0.2) is 18.4 Å². The predicted molar refractivity (Wildman–Crippen MR) is 110 cm³/mol. The minimum atomic E-state index is -2.93. The average Bonchev–Trinajstić information content (AvgIpc) is 3.04. The first-order valence-electron chi connectivity index (χ1n) is 9.41. The van der Waals surface area contributed by atoms with E-state index in [0.29, 0.717) is 38.0 Å². The van der Waals surface area contributed by atoms with E-state index >= 15 is 0 Å². The van der Waals surface area contributed by atoms with Gasteiger partial charge in [0.25, 0.3) is 0 Å². The monoisotopic (exact) mass is 402 g/mol. The Labute approximate surface area is 166 Å². The van der Waals surface area contributed by atoms with E-state index in [9.17, 15) is 8.42 Å². The number of sulfone groups is 1. The normalized spacial score (nSPS) is 18.6. The van der Waals surface area contributed by atoms with Crippen molar-refractivity contribution in [2.75, 3.05) is 18.1 Å². The van der Waals surface area contributed by atoms with Gasteiger partial charge in [0.2, 0.25) is 5.88 Å². The Morgan fingerprint density at radius 3 is 2.79 bits per heavy atom. The molecule has 0 aliphatic carbocycles. The molecule has 1 fully saturated rings. The molecule has 1 saturated heterocycles. The largest absolute Gasteiger partial charge is 0.473 e. The third kappa shape index (κ3) is 6.23. The Morgan fingerprint density at radius 1 is 1.25 bits per heavy atom. The van der Waals surface area contributed by atoms with Crippen LogP contribution in [-0.4, -0.2) is 43.5 Å². The molecule has 7 nitrogen and oxygen atoms in total. The van der Waals surface area contributed by atoms with E-state index in [-0.39, 0.29) is 17.5 Å². The molecule has 0 bridgehead atoms. The number of aromatic nitrogens is 1. The molecule has 3 rings (SSSR count). The van der Waals surface area contributed by atoms with Crippen LogP contribution in [0, 0.1) is 0 Å². The molecule has 28 heavy (non-hydrogen) atoms. The number of ether oxygens (including phenoxy) is 1. The molecule has 1 unspecified atom stereocenters. The summed E-state index contributed by atoms with van der Waals surface area (Å²) in [4.78, 5) is 8.82. The fraction of sp³-hybridized carbons (Fsp3) is 0.400. The lowest BCUT2D eigenvalue weighted by atomic mass is 10.2. The fourth-order valence-electron chi connectivity index (χ4n) is 2.95. The molecule has 1 aliphatic heterocycles. The van der Waals surface area contributed by atoms with Gasteiger partial charge < -0.3 is 15.4 Å². The van der Waals surface area contributed by atoms with Gasteiger partial charge in [-0.1, -0.05) is 30.3 Å². The number of rotatable bonds is 7. The van der Waals surface area contributed by atoms with Crippen LogP contribution in [0.5, 0.6) is 5.88 Å². The second kappa shape index (κ2) is 9.54. The summed E-state index contributed by atoms with van der Waals surface area (Å²) in [5.74, 6) is 1.56. The third-order valence-corrected chi connectivity index (χ3v) is 6.13. The van der Waals surface area contributed by atoms with Crippen molar-refractivity contribution in [2.24, 2.45) is 4.99 Å². The van der Waals surface area contributed by atoms with E-state index < -0.39 is 9.84 Å². The van der Waals surface area contributed by atoms with Crippen LogP contribution >= 0.6 is 0 Å². The van der Waals surface area contributed by atoms with Crippen molar-refractivity contribution in [2.45, 2.75) is 32.5 Å². The third-order valence-electron chi connectivity index (χ3n) is 4.37. The number of hydrogen-bond acceptors (Lipinski definition) is 5. The van der Waals surface area contributed by atoms with Crippen LogP contribution in [0.15, 0.2) is 53.7 Å². The van der Waals surface area contributed by atoms with Crippen LogP contribution in [0.1, 0.15) is 24.5 Å². The molecule has 150 valence electrons. The number of pyridine rings is 1. The van der Waals surface area contributed by atoms with Crippen molar-refractivity contribution in [3.05, 3.63) is 59.8 Å². The zero-order valence-electron chi connectivity index (χ0n) is 16.0. The molecule has 1 aromatic heterocycles. The lowest BCUT2D eigenvalue weighted by Crippen LogP contribution is -2.44. The van der Waals surface area contributed by atoms with Gasteiger partial charge in [-0.05, 0) is 30.5 Å². The number of guanidine groups is 1. The summed E-state index contributed by atoms with van der Waals surface area (Å²) >= 11 is 0. The molecular formula is C20H26N4O3S. The predicted octanol–water partition coefficient (Wildman–Crippen LogP) is 1.90. The van der Waals surface area contributed by atoms with Crippen molar-refractivity contribution in [3.8, 4) is 5.88 Å². The summed E-state index contributed by atoms with van der Waals surface area (Å²) in [6.45, 7) is 3.58. The molecule has 2 N–H and O–H groups in total. The van der Waals surface area contributed by atoms with Gasteiger partial charge in [-0.15, -0.1) is 0 Å². The quantitative estimate of drug-likeness (QED) is 0.543. The smallest absolute Gasteiger partial charge is 0.213 e. The maximum atomic E-state index is 11.6. The minimum Gasteiger partial charge on any atom is -0.473 e. The van der Waals surface area contributed by atoms with Gasteiger partial charge in [-0.3, -0.25) is 0 Å². The zero-order valence-corrected chi connectivity index (χ0v) is 16.8. The fourth-order valence-corrected chi connectivity index (χ4v) is 4.63. The minimum absolute atomic E-state index is 0.0926. The molecule has 0 spiro atoms. The summed E-state index contributed by atoms with van der Waals surface area (Å²) in [7, 11) is -2.93. The molecule has 2 aromatic rings. The van der Waals surface area contributed by atoms with E-state index in [2.05, 4.69) is 20.6 Å². The molecule has 1 aromatic carbocycles. The van der Waals surface area contributed by atoms with Crippen LogP contribution in [-0.2, 0) is 23.0 Å². The van der Waals surface area contributed by atoms with Crippen LogP contribution < -0.4 is 15.4 Å². The molecule has 8 heteroatoms. The van der Waals surface area contributed by atoms with E-state index in [1.807, 2.05) is 49.4 Å². The van der Waals surface area contributed by atoms with E-state index in [1.165, 1.54) is 0 Å². The number of nitrogens with one attached hydrogen (secondary N) is 2. The number of nitrogens with zero attached hydrogens (tertiary/aromatic N) is 2. The second-order valence-corrected chi connectivity index (χ2v) is 8.94. The van der Waals surface area contributed by atoms with Crippen molar-refractivity contribution in [1.82, 2.24) is 15.6 Å². The summed E-state index contributed by atoms with van der Waals surface area (Å²) in [5, 5.41) is 6.38. The van der Waals surface area contributed by atoms with Gasteiger partial charge in [0.05, 0.1) is 18.1 Å². The lowest BCUT2D eigenvalue weighted by molar-refractivity contribution is 0.293. The number of benzene rings is 1. The van der Waals surface area contributed by atoms with Crippen LogP contribution in [0.25, 0.3) is 0 Å². The molecular weight excluding hydrogens is 376 g/mol. The molecule has 1 aliphatic rings. The highest BCUT2D eigenvalue weighted by Gasteiger charge is 2.28. The van der Waals surface area contributed by atoms with E-state index in [0.717, 1.165) is 11.1 Å². The van der Waals surface area contributed by atoms with Gasteiger partial charge in [0.15, 0.2) is 15.8 Å². The second-order valence-electron chi connectivity index (χ2n) is 6.72. The first-order chi connectivity index (χ1) is 13.5. The highest BCUT2D eigenvalue weighted by molar-refractivity contribution is 7.91. The Hall–Kier alpha value is -2.61.